The summed E-state index contributed by atoms with van der Waals surface area (Å²) in [6.45, 7) is 9.99. The van der Waals surface area contributed by atoms with Gasteiger partial charge in [0.05, 0.1) is 26.7 Å². The van der Waals surface area contributed by atoms with Crippen LogP contribution in [0.4, 0.5) is 0 Å². The quantitative estimate of drug-likeness (QED) is 0.609. The van der Waals surface area contributed by atoms with Crippen molar-refractivity contribution >= 4 is 23.0 Å². The third-order valence-electron chi connectivity index (χ3n) is 4.30. The lowest BCUT2D eigenvalue weighted by molar-refractivity contribution is -0.918. The molecule has 1 N–H and O–H groups in total. The van der Waals surface area contributed by atoms with Crippen LogP contribution in [0.1, 0.15) is 40.5 Å². The van der Waals surface area contributed by atoms with Gasteiger partial charge in [0.25, 0.3) is 0 Å². The first-order chi connectivity index (χ1) is 8.07. The molecule has 5 heteroatoms. The predicted molar refractivity (Wildman–Crippen MR) is 82.2 cm³/mol. The Morgan fingerprint density at radius 3 is 2.00 bits per heavy atom. The van der Waals surface area contributed by atoms with Crippen LogP contribution in [0.15, 0.2) is 0 Å². The summed E-state index contributed by atoms with van der Waals surface area (Å²) in [6.07, 6.45) is 2.15. The molecule has 0 unspecified atom stereocenters. The molecular formula is C13H28IN2O2+. The number of aliphatic hydroxyl groups is 1. The van der Waals surface area contributed by atoms with Crippen LogP contribution in [0.2, 0.25) is 0 Å². The minimum atomic E-state index is 0.0125. The SMILES string of the molecule is CC1(C)CC([N+](C)(C)CCO)CC(C)(C)N1OI. The van der Waals surface area contributed by atoms with E-state index in [1.165, 1.54) is 0 Å². The van der Waals surface area contributed by atoms with E-state index in [4.69, 9.17) is 3.17 Å². The number of piperidine rings is 1. The number of likely N-dealkylation sites (N-methyl/N-ethyl adjacent to an activating group) is 1. The van der Waals surface area contributed by atoms with Crippen molar-refractivity contribution in [3.8, 4) is 0 Å². The van der Waals surface area contributed by atoms with Crippen LogP contribution in [0, 0.1) is 0 Å². The molecule has 0 amide bonds. The van der Waals surface area contributed by atoms with E-state index >= 15 is 0 Å². The fourth-order valence-electron chi connectivity index (χ4n) is 3.33. The van der Waals surface area contributed by atoms with Crippen molar-refractivity contribution in [1.82, 2.24) is 5.06 Å². The third kappa shape index (κ3) is 3.36. The normalized spacial score (nSPS) is 25.3. The van der Waals surface area contributed by atoms with Gasteiger partial charge in [0, 0.05) is 23.9 Å². The van der Waals surface area contributed by atoms with Crippen molar-refractivity contribution in [1.29, 1.82) is 0 Å². The van der Waals surface area contributed by atoms with Gasteiger partial charge in [0.2, 0.25) is 0 Å². The van der Waals surface area contributed by atoms with Crippen LogP contribution in [-0.2, 0) is 3.17 Å². The fourth-order valence-corrected chi connectivity index (χ4v) is 4.40. The van der Waals surface area contributed by atoms with Gasteiger partial charge >= 0.3 is 0 Å². The Kier molecular flexibility index (Phi) is 5.10. The maximum Gasteiger partial charge on any atom is 0.137 e. The Balaban J connectivity index is 2.96. The molecule has 1 rings (SSSR count). The lowest BCUT2D eigenvalue weighted by Gasteiger charge is -2.55. The average molecular weight is 371 g/mol. The van der Waals surface area contributed by atoms with Gasteiger partial charge in [-0.15, -0.1) is 0 Å². The van der Waals surface area contributed by atoms with Crippen molar-refractivity contribution in [2.24, 2.45) is 0 Å². The molecule has 108 valence electrons. The number of nitrogens with zero attached hydrogens (tertiary/aromatic N) is 2. The Labute approximate surface area is 126 Å². The van der Waals surface area contributed by atoms with E-state index in [9.17, 15) is 5.11 Å². The van der Waals surface area contributed by atoms with Crippen molar-refractivity contribution < 1.29 is 12.8 Å². The smallest absolute Gasteiger partial charge is 0.137 e. The Morgan fingerprint density at radius 2 is 1.67 bits per heavy atom. The standard InChI is InChI=1S/C13H28IN2O2/c1-12(2)9-11(16(5,6)7-8-17)10-13(3,4)15(12)18-14/h11,17H,7-10H2,1-6H3/q+1. The highest BCUT2D eigenvalue weighted by atomic mass is 127. The molecule has 1 fully saturated rings. The summed E-state index contributed by atoms with van der Waals surface area (Å²) >= 11 is 1.98. The lowest BCUT2D eigenvalue weighted by atomic mass is 9.77. The minimum Gasteiger partial charge on any atom is -0.391 e. The number of rotatable bonds is 4. The highest BCUT2D eigenvalue weighted by Gasteiger charge is 2.50. The molecule has 0 bridgehead atoms. The van der Waals surface area contributed by atoms with Gasteiger partial charge in [-0.25, -0.2) is 3.17 Å². The number of halogens is 1. The molecule has 1 saturated heterocycles. The highest BCUT2D eigenvalue weighted by molar-refractivity contribution is 14.1. The van der Waals surface area contributed by atoms with Gasteiger partial charge in [-0.3, -0.25) is 0 Å². The first-order valence-electron chi connectivity index (χ1n) is 6.59. The third-order valence-corrected chi connectivity index (χ3v) is 4.70. The topological polar surface area (TPSA) is 32.7 Å². The molecule has 0 atom stereocenters. The van der Waals surface area contributed by atoms with E-state index in [-0.39, 0.29) is 17.7 Å². The monoisotopic (exact) mass is 371 g/mol. The zero-order valence-electron chi connectivity index (χ0n) is 12.5. The largest absolute Gasteiger partial charge is 0.391 e. The molecule has 1 aliphatic rings. The van der Waals surface area contributed by atoms with E-state index in [2.05, 4.69) is 46.9 Å². The zero-order chi connectivity index (χ0) is 14.2. The summed E-state index contributed by atoms with van der Waals surface area (Å²) < 4.78 is 6.46. The van der Waals surface area contributed by atoms with E-state index in [0.29, 0.717) is 6.04 Å². The second-order valence-corrected chi connectivity index (χ2v) is 7.67. The molecule has 4 nitrogen and oxygen atoms in total. The van der Waals surface area contributed by atoms with Crippen LogP contribution < -0.4 is 0 Å². The molecule has 0 aromatic heterocycles. The number of quaternary nitrogens is 1. The molecule has 0 aromatic rings. The van der Waals surface area contributed by atoms with Crippen LogP contribution in [0.3, 0.4) is 0 Å². The maximum atomic E-state index is 9.24. The van der Waals surface area contributed by atoms with E-state index < -0.39 is 0 Å². The van der Waals surface area contributed by atoms with Crippen LogP contribution in [-0.4, -0.2) is 59.0 Å². The van der Waals surface area contributed by atoms with Crippen molar-refractivity contribution in [2.75, 3.05) is 27.2 Å². The summed E-state index contributed by atoms with van der Waals surface area (Å²) in [5.74, 6) is 0. The maximum absolute atomic E-state index is 9.24. The highest BCUT2D eigenvalue weighted by Crippen LogP contribution is 2.42. The molecule has 1 aliphatic heterocycles. The second kappa shape index (κ2) is 5.52. The van der Waals surface area contributed by atoms with Crippen LogP contribution >= 0.6 is 23.0 Å². The van der Waals surface area contributed by atoms with E-state index in [0.717, 1.165) is 23.9 Å². The Hall–Kier alpha value is 0.570. The molecule has 0 saturated carbocycles. The Morgan fingerprint density at radius 1 is 1.22 bits per heavy atom. The van der Waals surface area contributed by atoms with Gasteiger partial charge < -0.3 is 9.59 Å². The molecule has 0 aromatic carbocycles. The molecule has 0 spiro atoms. The summed E-state index contributed by atoms with van der Waals surface area (Å²) in [6, 6.07) is 0.546. The van der Waals surface area contributed by atoms with Gasteiger partial charge in [-0.05, 0) is 27.7 Å². The number of hydrogen-bond donors (Lipinski definition) is 1. The summed E-state index contributed by atoms with van der Waals surface area (Å²) in [5.41, 5.74) is 0.0250. The molecule has 1 heterocycles. The summed E-state index contributed by atoms with van der Waals surface area (Å²) in [4.78, 5) is 0. The van der Waals surface area contributed by atoms with Gasteiger partial charge in [0.15, 0.2) is 0 Å². The summed E-state index contributed by atoms with van der Waals surface area (Å²) in [5, 5.41) is 11.4. The van der Waals surface area contributed by atoms with Gasteiger partial charge in [-0.2, -0.15) is 5.06 Å². The van der Waals surface area contributed by atoms with Gasteiger partial charge in [-0.1, -0.05) is 0 Å². The second-order valence-electron chi connectivity index (χ2n) is 7.28. The van der Waals surface area contributed by atoms with Crippen LogP contribution in [0.25, 0.3) is 0 Å². The van der Waals surface area contributed by atoms with Crippen LogP contribution in [0.5, 0.6) is 0 Å². The molecule has 0 radical (unpaired) electrons. The predicted octanol–water partition coefficient (Wildman–Crippen LogP) is 2.36. The molecular weight excluding hydrogens is 343 g/mol. The molecule has 0 aliphatic carbocycles. The number of hydroxylamine groups is 2. The number of hydrogen-bond acceptors (Lipinski definition) is 3. The summed E-state index contributed by atoms with van der Waals surface area (Å²) in [7, 11) is 4.43. The number of aliphatic hydroxyl groups excluding tert-OH is 1. The van der Waals surface area contributed by atoms with Crippen molar-refractivity contribution in [3.63, 3.8) is 0 Å². The molecule has 18 heavy (non-hydrogen) atoms. The Bertz CT molecular complexity index is 275. The first-order valence-corrected chi connectivity index (χ1v) is 7.47. The fraction of sp³-hybridized carbons (Fsp3) is 1.00. The van der Waals surface area contributed by atoms with E-state index in [1.54, 1.807) is 0 Å². The first kappa shape index (κ1) is 16.6. The van der Waals surface area contributed by atoms with Crippen molar-refractivity contribution in [3.05, 3.63) is 0 Å². The van der Waals surface area contributed by atoms with Gasteiger partial charge in [0.1, 0.15) is 29.6 Å². The van der Waals surface area contributed by atoms with Crippen molar-refractivity contribution in [2.45, 2.75) is 57.7 Å². The minimum absolute atomic E-state index is 0.0125. The zero-order valence-corrected chi connectivity index (χ0v) is 14.7. The average Bonchev–Trinajstić information content (AvgIpc) is 2.14. The van der Waals surface area contributed by atoms with E-state index in [1.807, 2.05) is 23.0 Å². The lowest BCUT2D eigenvalue weighted by Crippen LogP contribution is -2.66.